The SMILES string of the molecule is Cc1c(F)c(=O)[nH]c(=O)n1COCC[Si](C)(C)C. The fraction of sp³-hybridized carbons (Fsp3) is 0.636. The molecule has 0 aliphatic carbocycles. The van der Waals surface area contributed by atoms with E-state index in [-0.39, 0.29) is 12.4 Å². The molecule has 1 N–H and O–H groups in total. The molecule has 0 aliphatic heterocycles. The number of nitrogens with one attached hydrogen (secondary N) is 1. The summed E-state index contributed by atoms with van der Waals surface area (Å²) in [4.78, 5) is 24.4. The number of nitrogens with zero attached hydrogens (tertiary/aromatic N) is 1. The number of aromatic amines is 1. The van der Waals surface area contributed by atoms with Gasteiger partial charge in [-0.15, -0.1) is 0 Å². The molecule has 0 amide bonds. The van der Waals surface area contributed by atoms with E-state index in [9.17, 15) is 14.0 Å². The molecule has 5 nitrogen and oxygen atoms in total. The Balaban J connectivity index is 2.72. The van der Waals surface area contributed by atoms with Gasteiger partial charge in [-0.25, -0.2) is 4.79 Å². The molecule has 1 heterocycles. The second kappa shape index (κ2) is 5.62. The van der Waals surface area contributed by atoms with E-state index in [1.807, 2.05) is 4.98 Å². The zero-order chi connectivity index (χ0) is 13.9. The monoisotopic (exact) mass is 274 g/mol. The van der Waals surface area contributed by atoms with Crippen LogP contribution >= 0.6 is 0 Å². The summed E-state index contributed by atoms with van der Waals surface area (Å²) in [5, 5.41) is 0. The number of ether oxygens (including phenoxy) is 1. The van der Waals surface area contributed by atoms with Crippen LogP contribution in [0.2, 0.25) is 25.7 Å². The van der Waals surface area contributed by atoms with Gasteiger partial charge in [-0.05, 0) is 13.0 Å². The molecular weight excluding hydrogens is 255 g/mol. The lowest BCUT2D eigenvalue weighted by molar-refractivity contribution is 0.0812. The molecule has 0 saturated heterocycles. The van der Waals surface area contributed by atoms with Gasteiger partial charge >= 0.3 is 5.69 Å². The lowest BCUT2D eigenvalue weighted by Crippen LogP contribution is -2.35. The van der Waals surface area contributed by atoms with E-state index < -0.39 is 25.1 Å². The predicted molar refractivity (Wildman–Crippen MR) is 70.1 cm³/mol. The Morgan fingerprint density at radius 3 is 2.50 bits per heavy atom. The first-order valence-corrected chi connectivity index (χ1v) is 9.50. The van der Waals surface area contributed by atoms with Crippen LogP contribution in [0, 0.1) is 12.7 Å². The van der Waals surface area contributed by atoms with Crippen molar-refractivity contribution >= 4 is 8.07 Å². The molecule has 0 radical (unpaired) electrons. The third-order valence-electron chi connectivity index (χ3n) is 2.60. The van der Waals surface area contributed by atoms with Gasteiger partial charge in [0.1, 0.15) is 6.73 Å². The number of halogens is 1. The molecular formula is C11H19FN2O3Si. The van der Waals surface area contributed by atoms with Crippen LogP contribution in [-0.2, 0) is 11.5 Å². The van der Waals surface area contributed by atoms with Crippen LogP contribution in [-0.4, -0.2) is 24.2 Å². The lowest BCUT2D eigenvalue weighted by atomic mass is 10.4. The molecule has 1 aromatic rings. The molecule has 1 aromatic heterocycles. The standard InChI is InChI=1S/C11H19FN2O3Si/c1-8-9(12)10(15)13-11(16)14(8)7-17-5-6-18(2,3)4/h5-7H2,1-4H3,(H,13,15,16). The van der Waals surface area contributed by atoms with Crippen LogP contribution in [0.15, 0.2) is 9.59 Å². The van der Waals surface area contributed by atoms with Crippen molar-refractivity contribution in [2.75, 3.05) is 6.61 Å². The van der Waals surface area contributed by atoms with Gasteiger partial charge in [-0.3, -0.25) is 14.3 Å². The summed E-state index contributed by atoms with van der Waals surface area (Å²) in [5.41, 5.74) is -1.64. The minimum atomic E-state index is -1.19. The topological polar surface area (TPSA) is 64.1 Å². The van der Waals surface area contributed by atoms with E-state index in [1.165, 1.54) is 6.92 Å². The van der Waals surface area contributed by atoms with Crippen LogP contribution < -0.4 is 11.2 Å². The molecule has 7 heteroatoms. The Kier molecular flexibility index (Phi) is 4.63. The van der Waals surface area contributed by atoms with E-state index in [2.05, 4.69) is 19.6 Å². The van der Waals surface area contributed by atoms with Gasteiger partial charge in [0.25, 0.3) is 5.56 Å². The summed E-state index contributed by atoms with van der Waals surface area (Å²) < 4.78 is 19.8. The molecule has 102 valence electrons. The van der Waals surface area contributed by atoms with E-state index in [1.54, 1.807) is 0 Å². The fourth-order valence-corrected chi connectivity index (χ4v) is 2.10. The van der Waals surface area contributed by atoms with Crippen molar-refractivity contribution in [3.8, 4) is 0 Å². The van der Waals surface area contributed by atoms with Gasteiger partial charge in [-0.2, -0.15) is 4.39 Å². The minimum Gasteiger partial charge on any atom is -0.361 e. The smallest absolute Gasteiger partial charge is 0.330 e. The summed E-state index contributed by atoms with van der Waals surface area (Å²) in [5.74, 6) is -0.941. The summed E-state index contributed by atoms with van der Waals surface area (Å²) in [6.07, 6.45) is 0. The first-order valence-electron chi connectivity index (χ1n) is 5.79. The second-order valence-electron chi connectivity index (χ2n) is 5.43. The highest BCUT2D eigenvalue weighted by molar-refractivity contribution is 6.76. The van der Waals surface area contributed by atoms with Crippen LogP contribution in [0.4, 0.5) is 4.39 Å². The zero-order valence-corrected chi connectivity index (χ0v) is 12.2. The molecule has 0 atom stereocenters. The Morgan fingerprint density at radius 1 is 1.33 bits per heavy atom. The highest BCUT2D eigenvalue weighted by atomic mass is 28.3. The predicted octanol–water partition coefficient (Wildman–Crippen LogP) is 1.30. The van der Waals surface area contributed by atoms with Crippen LogP contribution in [0.3, 0.4) is 0 Å². The molecule has 0 fully saturated rings. The van der Waals surface area contributed by atoms with Gasteiger partial charge in [0, 0.05) is 14.7 Å². The Hall–Kier alpha value is -1.21. The minimum absolute atomic E-state index is 0.00301. The number of hydrogen-bond acceptors (Lipinski definition) is 3. The van der Waals surface area contributed by atoms with E-state index in [0.717, 1.165) is 10.6 Å². The van der Waals surface area contributed by atoms with Gasteiger partial charge < -0.3 is 4.74 Å². The number of rotatable bonds is 5. The van der Waals surface area contributed by atoms with Crippen molar-refractivity contribution < 1.29 is 9.13 Å². The summed E-state index contributed by atoms with van der Waals surface area (Å²) >= 11 is 0. The van der Waals surface area contributed by atoms with Crippen LogP contribution in [0.25, 0.3) is 0 Å². The zero-order valence-electron chi connectivity index (χ0n) is 11.2. The summed E-state index contributed by atoms with van der Waals surface area (Å²) in [7, 11) is -1.19. The van der Waals surface area contributed by atoms with E-state index in [4.69, 9.17) is 4.74 Å². The van der Waals surface area contributed by atoms with Crippen LogP contribution in [0.5, 0.6) is 0 Å². The maximum Gasteiger partial charge on any atom is 0.330 e. The van der Waals surface area contributed by atoms with Crippen molar-refractivity contribution in [2.24, 2.45) is 0 Å². The molecule has 0 bridgehead atoms. The van der Waals surface area contributed by atoms with Crippen molar-refractivity contribution in [3.63, 3.8) is 0 Å². The molecule has 18 heavy (non-hydrogen) atoms. The second-order valence-corrected chi connectivity index (χ2v) is 11.1. The van der Waals surface area contributed by atoms with E-state index >= 15 is 0 Å². The Bertz CT molecular complexity index is 531. The summed E-state index contributed by atoms with van der Waals surface area (Å²) in [6.45, 7) is 8.52. The van der Waals surface area contributed by atoms with Gasteiger partial charge in [-0.1, -0.05) is 19.6 Å². The molecule has 1 rings (SSSR count). The first-order chi connectivity index (χ1) is 8.22. The number of hydrogen-bond donors (Lipinski definition) is 1. The molecule has 0 aliphatic rings. The van der Waals surface area contributed by atoms with Gasteiger partial charge in [0.15, 0.2) is 0 Å². The molecule has 0 spiro atoms. The average molecular weight is 274 g/mol. The molecule has 0 saturated carbocycles. The van der Waals surface area contributed by atoms with Gasteiger partial charge in [0.05, 0.1) is 5.69 Å². The van der Waals surface area contributed by atoms with Gasteiger partial charge in [0.2, 0.25) is 5.82 Å². The van der Waals surface area contributed by atoms with Crippen molar-refractivity contribution in [1.29, 1.82) is 0 Å². The van der Waals surface area contributed by atoms with Crippen LogP contribution in [0.1, 0.15) is 5.69 Å². The maximum absolute atomic E-state index is 13.3. The van der Waals surface area contributed by atoms with Crippen molar-refractivity contribution in [3.05, 3.63) is 32.3 Å². The lowest BCUT2D eigenvalue weighted by Gasteiger charge is -2.16. The number of H-pyrrole nitrogens is 1. The molecule has 0 unspecified atom stereocenters. The average Bonchev–Trinajstić information content (AvgIpc) is 2.23. The third-order valence-corrected chi connectivity index (χ3v) is 4.31. The fourth-order valence-electron chi connectivity index (χ4n) is 1.34. The highest BCUT2D eigenvalue weighted by Gasteiger charge is 2.13. The number of aromatic nitrogens is 2. The highest BCUT2D eigenvalue weighted by Crippen LogP contribution is 2.07. The van der Waals surface area contributed by atoms with Crippen molar-refractivity contribution in [2.45, 2.75) is 39.3 Å². The third kappa shape index (κ3) is 3.92. The largest absolute Gasteiger partial charge is 0.361 e. The Labute approximate surface area is 106 Å². The molecule has 0 aromatic carbocycles. The van der Waals surface area contributed by atoms with E-state index in [0.29, 0.717) is 6.61 Å². The normalized spacial score (nSPS) is 11.8. The summed E-state index contributed by atoms with van der Waals surface area (Å²) in [6, 6.07) is 0.965. The first kappa shape index (κ1) is 14.8. The van der Waals surface area contributed by atoms with Crippen molar-refractivity contribution in [1.82, 2.24) is 9.55 Å². The Morgan fingerprint density at radius 2 is 1.94 bits per heavy atom. The quantitative estimate of drug-likeness (QED) is 0.650. The maximum atomic E-state index is 13.3.